The van der Waals surface area contributed by atoms with E-state index < -0.39 is 0 Å². The van der Waals surface area contributed by atoms with Crippen molar-refractivity contribution in [1.82, 2.24) is 0 Å². The molecule has 1 nitrogen and oxygen atoms in total. The smallest absolute Gasteiger partial charge is 0.0568 e. The average Bonchev–Trinajstić information content (AvgIpc) is 2.20. The Morgan fingerprint density at radius 1 is 1.20 bits per heavy atom. The van der Waals surface area contributed by atoms with Crippen LogP contribution >= 0.6 is 0 Å². The van der Waals surface area contributed by atoms with Crippen LogP contribution in [-0.2, 0) is 0 Å². The van der Waals surface area contributed by atoms with Crippen LogP contribution < -0.4 is 0 Å². The maximum absolute atomic E-state index is 10.0. The fourth-order valence-electron chi connectivity index (χ4n) is 2.83. The summed E-state index contributed by atoms with van der Waals surface area (Å²) in [5, 5.41) is 10.0. The van der Waals surface area contributed by atoms with Crippen molar-refractivity contribution in [1.29, 1.82) is 0 Å². The molecule has 0 amide bonds. The van der Waals surface area contributed by atoms with Crippen LogP contribution in [0.15, 0.2) is 0 Å². The van der Waals surface area contributed by atoms with Gasteiger partial charge in [-0.15, -0.1) is 0 Å². The van der Waals surface area contributed by atoms with E-state index in [-0.39, 0.29) is 6.10 Å². The van der Waals surface area contributed by atoms with Gasteiger partial charge in [0.2, 0.25) is 0 Å². The maximum Gasteiger partial charge on any atom is 0.0568 e. The van der Waals surface area contributed by atoms with Gasteiger partial charge in [-0.2, -0.15) is 0 Å². The van der Waals surface area contributed by atoms with Gasteiger partial charge < -0.3 is 5.11 Å². The summed E-state index contributed by atoms with van der Waals surface area (Å²) >= 11 is 0. The first-order valence-corrected chi connectivity index (χ1v) is 6.72. The third-order valence-corrected chi connectivity index (χ3v) is 4.33. The van der Waals surface area contributed by atoms with Crippen molar-refractivity contribution in [3.8, 4) is 0 Å². The number of hydrogen-bond acceptors (Lipinski definition) is 1. The van der Waals surface area contributed by atoms with Crippen LogP contribution in [0.2, 0.25) is 0 Å². The standard InChI is InChI=1S/C14H28O/c1-5-11(4)8-13-9-12(10(2)3)6-7-14(13)15/h10-15H,5-9H2,1-4H3. The molecule has 4 atom stereocenters. The fraction of sp³-hybridized carbons (Fsp3) is 1.00. The van der Waals surface area contributed by atoms with Gasteiger partial charge in [-0.05, 0) is 49.4 Å². The second kappa shape index (κ2) is 5.89. The van der Waals surface area contributed by atoms with Gasteiger partial charge in [-0.3, -0.25) is 0 Å². The molecule has 1 rings (SSSR count). The first kappa shape index (κ1) is 13.0. The number of hydrogen-bond donors (Lipinski definition) is 1. The molecule has 0 aromatic rings. The van der Waals surface area contributed by atoms with Crippen LogP contribution in [0.4, 0.5) is 0 Å². The summed E-state index contributed by atoms with van der Waals surface area (Å²) in [6.07, 6.45) is 5.97. The van der Waals surface area contributed by atoms with Gasteiger partial charge in [0, 0.05) is 0 Å². The Morgan fingerprint density at radius 2 is 1.87 bits per heavy atom. The van der Waals surface area contributed by atoms with Crippen LogP contribution in [0.1, 0.15) is 59.8 Å². The van der Waals surface area contributed by atoms with Gasteiger partial charge in [-0.1, -0.05) is 34.1 Å². The number of aliphatic hydroxyl groups excluding tert-OH is 1. The zero-order valence-electron chi connectivity index (χ0n) is 10.9. The molecule has 1 N–H and O–H groups in total. The van der Waals surface area contributed by atoms with Crippen molar-refractivity contribution in [3.63, 3.8) is 0 Å². The molecule has 0 saturated heterocycles. The molecule has 0 heterocycles. The predicted molar refractivity (Wildman–Crippen MR) is 65.7 cm³/mol. The largest absolute Gasteiger partial charge is 0.393 e. The quantitative estimate of drug-likeness (QED) is 0.750. The molecular formula is C14H28O. The van der Waals surface area contributed by atoms with E-state index in [1.165, 1.54) is 25.7 Å². The molecule has 0 spiro atoms. The molecule has 90 valence electrons. The Morgan fingerprint density at radius 3 is 2.40 bits per heavy atom. The second-order valence-corrected chi connectivity index (χ2v) is 5.89. The summed E-state index contributed by atoms with van der Waals surface area (Å²) < 4.78 is 0. The first-order valence-electron chi connectivity index (χ1n) is 6.72. The van der Waals surface area contributed by atoms with Crippen LogP contribution in [0.25, 0.3) is 0 Å². The molecule has 1 heteroatoms. The summed E-state index contributed by atoms with van der Waals surface area (Å²) in [6.45, 7) is 9.21. The second-order valence-electron chi connectivity index (χ2n) is 5.89. The van der Waals surface area contributed by atoms with Gasteiger partial charge in [0.15, 0.2) is 0 Å². The van der Waals surface area contributed by atoms with Gasteiger partial charge in [0.05, 0.1) is 6.10 Å². The van der Waals surface area contributed by atoms with Crippen molar-refractivity contribution >= 4 is 0 Å². The lowest BCUT2D eigenvalue weighted by molar-refractivity contribution is 0.0264. The monoisotopic (exact) mass is 212 g/mol. The summed E-state index contributed by atoms with van der Waals surface area (Å²) in [4.78, 5) is 0. The van der Waals surface area contributed by atoms with E-state index >= 15 is 0 Å². The SMILES string of the molecule is CCC(C)CC1CC(C(C)C)CCC1O. The summed E-state index contributed by atoms with van der Waals surface area (Å²) in [5.74, 6) is 2.98. The van der Waals surface area contributed by atoms with Gasteiger partial charge in [-0.25, -0.2) is 0 Å². The zero-order valence-corrected chi connectivity index (χ0v) is 10.9. The number of rotatable bonds is 4. The zero-order chi connectivity index (χ0) is 11.4. The van der Waals surface area contributed by atoms with Crippen LogP contribution in [-0.4, -0.2) is 11.2 Å². The Labute approximate surface area is 95.3 Å². The summed E-state index contributed by atoms with van der Waals surface area (Å²) in [6, 6.07) is 0. The minimum absolute atomic E-state index is 0.0194. The highest BCUT2D eigenvalue weighted by Gasteiger charge is 2.30. The lowest BCUT2D eigenvalue weighted by atomic mass is 9.72. The molecule has 0 bridgehead atoms. The van der Waals surface area contributed by atoms with Crippen molar-refractivity contribution < 1.29 is 5.11 Å². The highest BCUT2D eigenvalue weighted by Crippen LogP contribution is 2.37. The molecular weight excluding hydrogens is 184 g/mol. The third-order valence-electron chi connectivity index (χ3n) is 4.33. The van der Waals surface area contributed by atoms with E-state index in [0.717, 1.165) is 24.2 Å². The molecule has 1 fully saturated rings. The van der Waals surface area contributed by atoms with E-state index in [9.17, 15) is 5.11 Å². The van der Waals surface area contributed by atoms with Crippen molar-refractivity contribution in [2.45, 2.75) is 65.9 Å². The Balaban J connectivity index is 2.46. The summed E-state index contributed by atoms with van der Waals surface area (Å²) in [7, 11) is 0. The lowest BCUT2D eigenvalue weighted by Crippen LogP contribution is -2.32. The van der Waals surface area contributed by atoms with Crippen molar-refractivity contribution in [2.24, 2.45) is 23.7 Å². The van der Waals surface area contributed by atoms with E-state index in [2.05, 4.69) is 27.7 Å². The Hall–Kier alpha value is -0.0400. The molecule has 0 aliphatic heterocycles. The van der Waals surface area contributed by atoms with Crippen LogP contribution in [0.3, 0.4) is 0 Å². The first-order chi connectivity index (χ1) is 7.04. The lowest BCUT2D eigenvalue weighted by Gasteiger charge is -2.36. The van der Waals surface area contributed by atoms with Gasteiger partial charge >= 0.3 is 0 Å². The molecule has 0 radical (unpaired) electrons. The normalized spacial score (nSPS) is 34.4. The fourth-order valence-corrected chi connectivity index (χ4v) is 2.83. The predicted octanol–water partition coefficient (Wildman–Crippen LogP) is 3.86. The molecule has 1 aliphatic rings. The van der Waals surface area contributed by atoms with Crippen molar-refractivity contribution in [2.75, 3.05) is 0 Å². The molecule has 0 aromatic heterocycles. The maximum atomic E-state index is 10.0. The van der Waals surface area contributed by atoms with E-state index in [0.29, 0.717) is 5.92 Å². The highest BCUT2D eigenvalue weighted by atomic mass is 16.3. The average molecular weight is 212 g/mol. The van der Waals surface area contributed by atoms with Gasteiger partial charge in [0.1, 0.15) is 0 Å². The minimum Gasteiger partial charge on any atom is -0.393 e. The Kier molecular flexibility index (Phi) is 5.11. The highest BCUT2D eigenvalue weighted by molar-refractivity contribution is 4.82. The van der Waals surface area contributed by atoms with E-state index in [4.69, 9.17) is 0 Å². The molecule has 15 heavy (non-hydrogen) atoms. The topological polar surface area (TPSA) is 20.2 Å². The molecule has 0 aromatic carbocycles. The van der Waals surface area contributed by atoms with Crippen molar-refractivity contribution in [3.05, 3.63) is 0 Å². The Bertz CT molecular complexity index is 176. The molecule has 1 aliphatic carbocycles. The van der Waals surface area contributed by atoms with Crippen LogP contribution in [0, 0.1) is 23.7 Å². The minimum atomic E-state index is -0.0194. The van der Waals surface area contributed by atoms with E-state index in [1.54, 1.807) is 0 Å². The van der Waals surface area contributed by atoms with E-state index in [1.807, 2.05) is 0 Å². The summed E-state index contributed by atoms with van der Waals surface area (Å²) in [5.41, 5.74) is 0. The molecule has 4 unspecified atom stereocenters. The third kappa shape index (κ3) is 3.79. The number of aliphatic hydroxyl groups is 1. The molecule has 1 saturated carbocycles. The van der Waals surface area contributed by atoms with Crippen LogP contribution in [0.5, 0.6) is 0 Å². The van der Waals surface area contributed by atoms with Gasteiger partial charge in [0.25, 0.3) is 0 Å².